The molecule has 9 nitrogen and oxygen atoms in total. The number of benzene rings is 1. The highest BCUT2D eigenvalue weighted by Crippen LogP contribution is 2.69. The van der Waals surface area contributed by atoms with Crippen LogP contribution in [0.3, 0.4) is 0 Å². The summed E-state index contributed by atoms with van der Waals surface area (Å²) >= 11 is 0. The maximum Gasteiger partial charge on any atom is 0.190 e. The maximum atomic E-state index is 11.6. The number of fused-ring (bicyclic) bond motifs is 4. The standard InChI is InChI=1S/C46H69N3O6/c1-29-23-45(17-11-30(24-45)12-18-46(53)15-5-10-35(51)25-46)41-44(3,55-41)16-13-39-37(29)26-43(39,2)34-21-32(9-6-20-50)36(22-34)40(52)49-42(47)48-19-14-31-7-4-8-33-27-54-28-38(31)33/h4,7-8,27-28,30,32,34-37,39-41,50-53H,1,5-6,9-26H2,2-3H3,(H3,47,48,49)/t30-,32-,34-,35+,36-,37-,39-,40+,41-,43-,44-,45-,46+/m1/s1. The SMILES string of the molecule is C=C1C[C@@]2(CC[C@H](CC[C@@]3(O)CCC[C@H](O)C3)C2)[C@@H]2O[C@]2(C)CC[C@@H]2[C@@H]1C[C@]2(C)[C@@H]1C[C@@H](CCCO)[C@H]([C@H](O)NC(N)=NCCc2cccc3cocc23)C1. The molecule has 2 heterocycles. The smallest absolute Gasteiger partial charge is 0.190 e. The fourth-order valence-corrected chi connectivity index (χ4v) is 13.4. The molecule has 6 fully saturated rings. The number of aliphatic hydroxyl groups excluding tert-OH is 3. The van der Waals surface area contributed by atoms with E-state index in [0.717, 1.165) is 107 Å². The molecule has 1 aromatic carbocycles. The molecule has 1 saturated heterocycles. The molecule has 2 aromatic rings. The number of guanidine groups is 1. The van der Waals surface area contributed by atoms with Crippen LogP contribution >= 0.6 is 0 Å². The summed E-state index contributed by atoms with van der Waals surface area (Å²) in [5.74, 6) is 2.79. The topological polar surface area (TPSA) is 157 Å². The first-order chi connectivity index (χ1) is 26.3. The van der Waals surface area contributed by atoms with Crippen LogP contribution in [0.1, 0.15) is 129 Å². The molecular formula is C46H69N3O6. The summed E-state index contributed by atoms with van der Waals surface area (Å²) in [5, 5.41) is 48.3. The number of allylic oxidation sites excluding steroid dienone is 1. The number of nitrogens with two attached hydrogens (primary N) is 1. The Labute approximate surface area is 328 Å². The molecule has 5 saturated carbocycles. The number of hydrogen-bond acceptors (Lipinski definition) is 7. The van der Waals surface area contributed by atoms with Gasteiger partial charge in [0.15, 0.2) is 5.96 Å². The average Bonchev–Trinajstić information content (AvgIpc) is 3.56. The van der Waals surface area contributed by atoms with Crippen molar-refractivity contribution in [2.24, 2.45) is 57.1 Å². The highest BCUT2D eigenvalue weighted by molar-refractivity contribution is 5.84. The summed E-state index contributed by atoms with van der Waals surface area (Å²) in [6.45, 7) is 10.4. The molecule has 7 N–H and O–H groups in total. The molecule has 6 aliphatic rings. The molecule has 1 aliphatic heterocycles. The number of epoxide rings is 1. The first kappa shape index (κ1) is 39.4. The number of aliphatic imine (C=N–C) groups is 1. The normalized spacial score (nSPS) is 42.3. The average molecular weight is 760 g/mol. The fourth-order valence-electron chi connectivity index (χ4n) is 13.4. The van der Waals surface area contributed by atoms with Crippen LogP contribution in [0.2, 0.25) is 0 Å². The van der Waals surface area contributed by atoms with E-state index in [-0.39, 0.29) is 47.1 Å². The Bertz CT molecular complexity index is 1710. The Hall–Kier alpha value is -2.43. The molecule has 304 valence electrons. The van der Waals surface area contributed by atoms with Crippen LogP contribution < -0.4 is 11.1 Å². The van der Waals surface area contributed by atoms with Gasteiger partial charge in [-0.25, -0.2) is 0 Å². The first-order valence-corrected chi connectivity index (χ1v) is 21.9. The van der Waals surface area contributed by atoms with E-state index in [2.05, 4.69) is 30.2 Å². The van der Waals surface area contributed by atoms with Crippen LogP contribution in [0.4, 0.5) is 0 Å². The Kier molecular flexibility index (Phi) is 11.0. The van der Waals surface area contributed by atoms with Gasteiger partial charge in [-0.3, -0.25) is 4.99 Å². The maximum absolute atomic E-state index is 11.6. The van der Waals surface area contributed by atoms with Gasteiger partial charge in [0.1, 0.15) is 6.23 Å². The zero-order valence-corrected chi connectivity index (χ0v) is 33.6. The lowest BCUT2D eigenvalue weighted by atomic mass is 9.46. The van der Waals surface area contributed by atoms with Gasteiger partial charge in [0.2, 0.25) is 0 Å². The van der Waals surface area contributed by atoms with Crippen LogP contribution in [-0.4, -0.2) is 69.2 Å². The second-order valence-electron chi connectivity index (χ2n) is 19.9. The molecule has 0 bridgehead atoms. The van der Waals surface area contributed by atoms with E-state index in [0.29, 0.717) is 42.6 Å². The van der Waals surface area contributed by atoms with Crippen molar-refractivity contribution >= 4 is 16.7 Å². The van der Waals surface area contributed by atoms with Crippen molar-refractivity contribution < 1.29 is 29.6 Å². The van der Waals surface area contributed by atoms with Crippen molar-refractivity contribution in [3.8, 4) is 0 Å². The van der Waals surface area contributed by atoms with Gasteiger partial charge >= 0.3 is 0 Å². The van der Waals surface area contributed by atoms with Gasteiger partial charge in [0, 0.05) is 41.7 Å². The predicted octanol–water partition coefficient (Wildman–Crippen LogP) is 7.39. The summed E-state index contributed by atoms with van der Waals surface area (Å²) < 4.78 is 12.1. The molecule has 0 amide bonds. The number of nitrogens with zero attached hydrogens (tertiary/aromatic N) is 1. The lowest BCUT2D eigenvalue weighted by Gasteiger charge is -2.58. The number of ether oxygens (including phenoxy) is 1. The Morgan fingerprint density at radius 1 is 1.07 bits per heavy atom. The van der Waals surface area contributed by atoms with Crippen LogP contribution in [0.25, 0.3) is 10.8 Å². The number of rotatable bonds is 12. The van der Waals surface area contributed by atoms with E-state index in [9.17, 15) is 20.4 Å². The van der Waals surface area contributed by atoms with Crippen molar-refractivity contribution in [2.75, 3.05) is 13.2 Å². The Balaban J connectivity index is 0.902. The van der Waals surface area contributed by atoms with Crippen LogP contribution in [0.5, 0.6) is 0 Å². The summed E-state index contributed by atoms with van der Waals surface area (Å²) in [5.41, 5.74) is 8.51. The highest BCUT2D eigenvalue weighted by Gasteiger charge is 2.67. The molecule has 0 radical (unpaired) electrons. The summed E-state index contributed by atoms with van der Waals surface area (Å²) in [4.78, 5) is 4.60. The van der Waals surface area contributed by atoms with E-state index in [1.807, 2.05) is 12.1 Å². The summed E-state index contributed by atoms with van der Waals surface area (Å²) in [6.07, 6.45) is 19.9. The highest BCUT2D eigenvalue weighted by atomic mass is 16.6. The van der Waals surface area contributed by atoms with Crippen molar-refractivity contribution in [1.82, 2.24) is 5.32 Å². The molecule has 8 rings (SSSR count). The second kappa shape index (κ2) is 15.4. The van der Waals surface area contributed by atoms with Crippen LogP contribution in [0.15, 0.2) is 52.3 Å². The van der Waals surface area contributed by atoms with E-state index in [1.54, 1.807) is 12.5 Å². The van der Waals surface area contributed by atoms with Crippen LogP contribution in [-0.2, 0) is 11.2 Å². The fraction of sp³-hybridized carbons (Fsp3) is 0.761. The van der Waals surface area contributed by atoms with Crippen molar-refractivity contribution in [3.05, 3.63) is 48.4 Å². The lowest BCUT2D eigenvalue weighted by Crippen LogP contribution is -2.51. The van der Waals surface area contributed by atoms with Crippen molar-refractivity contribution in [1.29, 1.82) is 0 Å². The molecule has 55 heavy (non-hydrogen) atoms. The number of furan rings is 1. The van der Waals surface area contributed by atoms with Gasteiger partial charge in [0.05, 0.1) is 35.9 Å². The van der Waals surface area contributed by atoms with Gasteiger partial charge in [-0.2, -0.15) is 0 Å². The van der Waals surface area contributed by atoms with E-state index in [4.69, 9.17) is 21.5 Å². The predicted molar refractivity (Wildman–Crippen MR) is 216 cm³/mol. The van der Waals surface area contributed by atoms with E-state index in [1.165, 1.54) is 24.0 Å². The minimum Gasteiger partial charge on any atom is -0.471 e. The summed E-state index contributed by atoms with van der Waals surface area (Å²) in [7, 11) is 0. The third-order valence-corrected chi connectivity index (χ3v) is 16.4. The largest absolute Gasteiger partial charge is 0.471 e. The third kappa shape index (κ3) is 7.79. The minimum atomic E-state index is -0.789. The zero-order valence-electron chi connectivity index (χ0n) is 33.6. The molecule has 1 aromatic heterocycles. The van der Waals surface area contributed by atoms with Crippen LogP contribution in [0, 0.1) is 46.3 Å². The summed E-state index contributed by atoms with van der Waals surface area (Å²) in [6, 6.07) is 6.16. The quantitative estimate of drug-likeness (QED) is 0.0430. The molecule has 1 spiro atoms. The molecule has 9 heteroatoms. The number of hydrogen-bond donors (Lipinski definition) is 6. The van der Waals surface area contributed by atoms with Crippen molar-refractivity contribution in [2.45, 2.75) is 159 Å². The first-order valence-electron chi connectivity index (χ1n) is 21.9. The van der Waals surface area contributed by atoms with Crippen molar-refractivity contribution in [3.63, 3.8) is 0 Å². The number of nitrogens with one attached hydrogen (secondary N) is 1. The Morgan fingerprint density at radius 3 is 2.75 bits per heavy atom. The molecule has 0 unspecified atom stereocenters. The van der Waals surface area contributed by atoms with Gasteiger partial charge in [-0.1, -0.05) is 37.3 Å². The number of aliphatic hydroxyl groups is 4. The molecular weight excluding hydrogens is 691 g/mol. The van der Waals surface area contributed by atoms with Gasteiger partial charge in [0.25, 0.3) is 0 Å². The zero-order chi connectivity index (χ0) is 38.6. The Morgan fingerprint density at radius 2 is 1.93 bits per heavy atom. The van der Waals surface area contributed by atoms with Gasteiger partial charge in [-0.15, -0.1) is 0 Å². The van der Waals surface area contributed by atoms with Gasteiger partial charge < -0.3 is 40.6 Å². The lowest BCUT2D eigenvalue weighted by molar-refractivity contribution is -0.0715. The van der Waals surface area contributed by atoms with E-state index >= 15 is 0 Å². The third-order valence-electron chi connectivity index (χ3n) is 16.4. The molecule has 13 atom stereocenters. The van der Waals surface area contributed by atoms with E-state index < -0.39 is 11.8 Å². The monoisotopic (exact) mass is 760 g/mol. The minimum absolute atomic E-state index is 0.0441. The molecule has 5 aliphatic carbocycles. The van der Waals surface area contributed by atoms with Gasteiger partial charge in [-0.05, 0) is 157 Å². The second-order valence-corrected chi connectivity index (χ2v) is 19.9.